The average molecular weight is 397 g/mol. The Kier molecular flexibility index (Phi) is 4.28. The van der Waals surface area contributed by atoms with Crippen molar-refractivity contribution >= 4 is 22.2 Å². The van der Waals surface area contributed by atoms with Gasteiger partial charge in [0.25, 0.3) is 0 Å². The van der Waals surface area contributed by atoms with Crippen LogP contribution in [0.25, 0.3) is 33.5 Å². The third-order valence-corrected chi connectivity index (χ3v) is 5.33. The number of aromatic amines is 1. The Morgan fingerprint density at radius 2 is 1.87 bits per heavy atom. The van der Waals surface area contributed by atoms with Gasteiger partial charge in [0.05, 0.1) is 30.6 Å². The number of hydrogen-bond acceptors (Lipinski definition) is 5. The van der Waals surface area contributed by atoms with E-state index in [0.717, 1.165) is 27.8 Å². The predicted octanol–water partition coefficient (Wildman–Crippen LogP) is 3.95. The van der Waals surface area contributed by atoms with Gasteiger partial charge in [0, 0.05) is 17.1 Å². The lowest BCUT2D eigenvalue weighted by atomic mass is 10.1. The Hall–Kier alpha value is -4.00. The smallest absolute Gasteiger partial charge is 0.329 e. The molecule has 5 rings (SSSR count). The number of H-pyrrole nitrogens is 1. The fourth-order valence-electron chi connectivity index (χ4n) is 3.74. The zero-order valence-electron chi connectivity index (χ0n) is 16.5. The number of benzene rings is 2. The molecule has 0 saturated heterocycles. The minimum Gasteiger partial charge on any atom is -0.497 e. The van der Waals surface area contributed by atoms with Crippen molar-refractivity contribution in [2.75, 3.05) is 7.11 Å². The van der Waals surface area contributed by atoms with Crippen LogP contribution in [-0.4, -0.2) is 31.6 Å². The van der Waals surface area contributed by atoms with E-state index in [1.54, 1.807) is 24.1 Å². The molecule has 3 aromatic heterocycles. The van der Waals surface area contributed by atoms with E-state index in [-0.39, 0.29) is 11.7 Å². The number of hydrogen-bond donors (Lipinski definition) is 1. The summed E-state index contributed by atoms with van der Waals surface area (Å²) in [5.41, 5.74) is 4.20. The summed E-state index contributed by atoms with van der Waals surface area (Å²) in [7, 11) is 1.63. The van der Waals surface area contributed by atoms with Crippen LogP contribution in [0, 0.1) is 0 Å². The summed E-state index contributed by atoms with van der Waals surface area (Å²) in [5, 5.41) is 0.987. The van der Waals surface area contributed by atoms with Crippen molar-refractivity contribution in [3.05, 3.63) is 83.0 Å². The van der Waals surface area contributed by atoms with Gasteiger partial charge in [0.1, 0.15) is 5.75 Å². The van der Waals surface area contributed by atoms with Gasteiger partial charge in [-0.15, -0.1) is 0 Å². The molecule has 7 heteroatoms. The molecule has 0 radical (unpaired) electrons. The third kappa shape index (κ3) is 2.91. The molecule has 148 valence electrons. The first-order valence-electron chi connectivity index (χ1n) is 9.61. The van der Waals surface area contributed by atoms with E-state index < -0.39 is 0 Å². The monoisotopic (exact) mass is 397 g/mol. The Bertz CT molecular complexity index is 1410. The van der Waals surface area contributed by atoms with Crippen LogP contribution < -0.4 is 10.4 Å². The van der Waals surface area contributed by atoms with E-state index in [9.17, 15) is 4.79 Å². The van der Waals surface area contributed by atoms with Crippen LogP contribution >= 0.6 is 0 Å². The van der Waals surface area contributed by atoms with Gasteiger partial charge >= 0.3 is 5.69 Å². The molecule has 30 heavy (non-hydrogen) atoms. The zero-order chi connectivity index (χ0) is 20.7. The number of imidazole rings is 1. The summed E-state index contributed by atoms with van der Waals surface area (Å²) in [6.07, 6.45) is 3.45. The summed E-state index contributed by atoms with van der Waals surface area (Å²) in [5.74, 6) is 0.767. The van der Waals surface area contributed by atoms with Gasteiger partial charge in [-0.2, -0.15) is 0 Å². The fourth-order valence-corrected chi connectivity index (χ4v) is 3.74. The number of rotatable bonds is 4. The van der Waals surface area contributed by atoms with Gasteiger partial charge in [-0.25, -0.2) is 14.8 Å². The lowest BCUT2D eigenvalue weighted by molar-refractivity contribution is 0.414. The molecule has 2 aromatic carbocycles. The SMILES string of the molecule is COc1ccc(C(C)n2c(=O)[nH]c3ncc(-c4cccc5ncccc45)nc32)cc1. The van der Waals surface area contributed by atoms with Crippen LogP contribution in [0.5, 0.6) is 5.75 Å². The summed E-state index contributed by atoms with van der Waals surface area (Å²) < 4.78 is 6.87. The van der Waals surface area contributed by atoms with E-state index >= 15 is 0 Å². The molecule has 1 atom stereocenters. The number of nitrogens with zero attached hydrogens (tertiary/aromatic N) is 4. The number of ether oxygens (including phenoxy) is 1. The first kappa shape index (κ1) is 18.1. The van der Waals surface area contributed by atoms with Crippen LogP contribution in [0.15, 0.2) is 71.8 Å². The highest BCUT2D eigenvalue weighted by Crippen LogP contribution is 2.28. The molecule has 0 aliphatic carbocycles. The highest BCUT2D eigenvalue weighted by molar-refractivity contribution is 5.93. The van der Waals surface area contributed by atoms with Crippen LogP contribution in [0.3, 0.4) is 0 Å². The summed E-state index contributed by atoms with van der Waals surface area (Å²) in [6, 6.07) is 17.2. The van der Waals surface area contributed by atoms with Gasteiger partial charge in [-0.3, -0.25) is 14.5 Å². The fraction of sp³-hybridized carbons (Fsp3) is 0.130. The second-order valence-electron chi connectivity index (χ2n) is 7.05. The topological polar surface area (TPSA) is 85.7 Å². The molecule has 0 fully saturated rings. The first-order valence-corrected chi connectivity index (χ1v) is 9.61. The summed E-state index contributed by atoms with van der Waals surface area (Å²) >= 11 is 0. The summed E-state index contributed by atoms with van der Waals surface area (Å²) in [4.78, 5) is 29.2. The Morgan fingerprint density at radius 1 is 1.03 bits per heavy atom. The second-order valence-corrected chi connectivity index (χ2v) is 7.05. The lowest BCUT2D eigenvalue weighted by Crippen LogP contribution is -2.21. The highest BCUT2D eigenvalue weighted by atomic mass is 16.5. The van der Waals surface area contributed by atoms with Crippen molar-refractivity contribution in [1.29, 1.82) is 0 Å². The second kappa shape index (κ2) is 7.11. The normalized spacial score (nSPS) is 12.3. The standard InChI is InChI=1S/C23H19N5O2/c1-14(15-8-10-16(30-2)11-9-15)28-22-21(27-23(28)29)25-13-20(26-22)18-5-3-7-19-17(18)6-4-12-24-19/h3-14H,1-2H3,(H,25,27,29). The Balaban J connectivity index is 1.67. The Morgan fingerprint density at radius 3 is 2.67 bits per heavy atom. The third-order valence-electron chi connectivity index (χ3n) is 5.33. The number of nitrogens with one attached hydrogen (secondary N) is 1. The molecule has 1 unspecified atom stereocenters. The van der Waals surface area contributed by atoms with Crippen LogP contribution in [0.2, 0.25) is 0 Å². The Labute approximate surface area is 172 Å². The first-order chi connectivity index (χ1) is 14.7. The number of aromatic nitrogens is 5. The van der Waals surface area contributed by atoms with Gasteiger partial charge in [0.2, 0.25) is 0 Å². The molecule has 1 N–H and O–H groups in total. The minimum atomic E-state index is -0.245. The summed E-state index contributed by atoms with van der Waals surface area (Å²) in [6.45, 7) is 1.96. The molecule has 3 heterocycles. The lowest BCUT2D eigenvalue weighted by Gasteiger charge is -2.14. The average Bonchev–Trinajstić information content (AvgIpc) is 3.13. The highest BCUT2D eigenvalue weighted by Gasteiger charge is 2.18. The van der Waals surface area contributed by atoms with Crippen molar-refractivity contribution < 1.29 is 4.74 Å². The number of methoxy groups -OCH3 is 1. The van der Waals surface area contributed by atoms with Crippen molar-refractivity contribution in [3.8, 4) is 17.0 Å². The van der Waals surface area contributed by atoms with E-state index in [1.165, 1.54) is 0 Å². The van der Waals surface area contributed by atoms with Crippen LogP contribution in [0.4, 0.5) is 0 Å². The molecule has 0 saturated carbocycles. The number of pyridine rings is 1. The van der Waals surface area contributed by atoms with E-state index in [2.05, 4.69) is 15.0 Å². The molecule has 0 aliphatic rings. The molecular formula is C23H19N5O2. The minimum absolute atomic E-state index is 0.226. The van der Waals surface area contributed by atoms with E-state index in [0.29, 0.717) is 17.0 Å². The molecule has 5 aromatic rings. The van der Waals surface area contributed by atoms with E-state index in [4.69, 9.17) is 9.72 Å². The quantitative estimate of drug-likeness (QED) is 0.496. The van der Waals surface area contributed by atoms with E-state index in [1.807, 2.05) is 61.5 Å². The zero-order valence-corrected chi connectivity index (χ0v) is 16.5. The van der Waals surface area contributed by atoms with Crippen molar-refractivity contribution in [2.24, 2.45) is 0 Å². The molecule has 0 spiro atoms. The molecule has 7 nitrogen and oxygen atoms in total. The molecular weight excluding hydrogens is 378 g/mol. The molecule has 0 aliphatic heterocycles. The predicted molar refractivity (Wildman–Crippen MR) is 116 cm³/mol. The largest absolute Gasteiger partial charge is 0.497 e. The van der Waals surface area contributed by atoms with Crippen LogP contribution in [0.1, 0.15) is 18.5 Å². The van der Waals surface area contributed by atoms with Gasteiger partial charge in [-0.1, -0.05) is 30.3 Å². The van der Waals surface area contributed by atoms with Crippen molar-refractivity contribution in [1.82, 2.24) is 24.5 Å². The molecule has 0 amide bonds. The van der Waals surface area contributed by atoms with Crippen molar-refractivity contribution in [2.45, 2.75) is 13.0 Å². The van der Waals surface area contributed by atoms with Crippen LogP contribution in [-0.2, 0) is 0 Å². The van der Waals surface area contributed by atoms with Gasteiger partial charge in [-0.05, 0) is 36.8 Å². The van der Waals surface area contributed by atoms with Gasteiger partial charge < -0.3 is 4.74 Å². The maximum absolute atomic E-state index is 12.7. The molecule has 0 bridgehead atoms. The maximum atomic E-state index is 12.7. The van der Waals surface area contributed by atoms with Gasteiger partial charge in [0.15, 0.2) is 11.3 Å². The van der Waals surface area contributed by atoms with Crippen molar-refractivity contribution in [3.63, 3.8) is 0 Å². The number of fused-ring (bicyclic) bond motifs is 2. The maximum Gasteiger partial charge on any atom is 0.329 e.